The summed E-state index contributed by atoms with van der Waals surface area (Å²) in [6.45, 7) is 3.84. The van der Waals surface area contributed by atoms with Crippen molar-refractivity contribution in [3.05, 3.63) is 87.9 Å². The van der Waals surface area contributed by atoms with Gasteiger partial charge in [-0.1, -0.05) is 29.3 Å². The number of halogens is 1. The molecule has 0 aliphatic carbocycles. The molecule has 0 spiro atoms. The number of aryl methyl sites for hydroxylation is 1. The van der Waals surface area contributed by atoms with Crippen LogP contribution in [0.4, 0.5) is 17.1 Å². The van der Waals surface area contributed by atoms with E-state index in [0.717, 1.165) is 22.4 Å². The Balaban J connectivity index is 1.56. The van der Waals surface area contributed by atoms with Gasteiger partial charge in [0.15, 0.2) is 0 Å². The fraction of sp³-hybridized carbons (Fsp3) is 0.0870. The zero-order chi connectivity index (χ0) is 20.5. The molecule has 0 fully saturated rings. The van der Waals surface area contributed by atoms with E-state index in [1.165, 1.54) is 0 Å². The van der Waals surface area contributed by atoms with Crippen LogP contribution in [0.25, 0.3) is 0 Å². The van der Waals surface area contributed by atoms with Gasteiger partial charge in [-0.25, -0.2) is 4.99 Å². The van der Waals surface area contributed by atoms with E-state index in [9.17, 15) is 9.59 Å². The van der Waals surface area contributed by atoms with Gasteiger partial charge in [0, 0.05) is 21.8 Å². The molecule has 0 radical (unpaired) electrons. The molecule has 0 bridgehead atoms. The van der Waals surface area contributed by atoms with Crippen LogP contribution >= 0.6 is 11.6 Å². The molecule has 2 N–H and O–H groups in total. The maximum absolute atomic E-state index is 12.4. The summed E-state index contributed by atoms with van der Waals surface area (Å²) >= 11 is 6.13. The lowest BCUT2D eigenvalue weighted by Gasteiger charge is -2.06. The number of hydrogen-bond donors (Lipinski definition) is 2. The molecule has 6 heteroatoms. The third-order valence-corrected chi connectivity index (χ3v) is 5.20. The average molecular weight is 404 g/mol. The number of anilines is 2. The molecule has 0 saturated carbocycles. The predicted molar refractivity (Wildman–Crippen MR) is 117 cm³/mol. The highest BCUT2D eigenvalue weighted by molar-refractivity contribution is 6.54. The molecule has 5 nitrogen and oxygen atoms in total. The first-order valence-corrected chi connectivity index (χ1v) is 9.48. The topological polar surface area (TPSA) is 70.6 Å². The van der Waals surface area contributed by atoms with Crippen LogP contribution in [0.15, 0.2) is 65.7 Å². The van der Waals surface area contributed by atoms with Gasteiger partial charge in [-0.05, 0) is 67.9 Å². The highest BCUT2D eigenvalue weighted by atomic mass is 35.5. The van der Waals surface area contributed by atoms with E-state index >= 15 is 0 Å². The first kappa shape index (κ1) is 18.9. The average Bonchev–Trinajstić information content (AvgIpc) is 3.03. The number of fused-ring (bicyclic) bond motifs is 1. The van der Waals surface area contributed by atoms with Crippen LogP contribution in [0.1, 0.15) is 27.0 Å². The minimum Gasteiger partial charge on any atom is -0.322 e. The van der Waals surface area contributed by atoms with Crippen molar-refractivity contribution in [2.75, 3.05) is 10.6 Å². The van der Waals surface area contributed by atoms with Crippen molar-refractivity contribution in [1.29, 1.82) is 0 Å². The number of carbonyl (C=O) groups is 2. The number of nitrogens with one attached hydrogen (secondary N) is 2. The van der Waals surface area contributed by atoms with Crippen molar-refractivity contribution in [3.8, 4) is 0 Å². The van der Waals surface area contributed by atoms with Gasteiger partial charge in [-0.2, -0.15) is 0 Å². The Morgan fingerprint density at radius 3 is 2.34 bits per heavy atom. The molecule has 0 aromatic heterocycles. The molecule has 4 rings (SSSR count). The van der Waals surface area contributed by atoms with Crippen LogP contribution < -0.4 is 10.6 Å². The maximum atomic E-state index is 12.4. The molecule has 3 aromatic carbocycles. The molecule has 0 atom stereocenters. The standard InChI is InChI=1S/C23H18ClN3O2/c1-13-3-7-17(8-4-13)26-22(28)15-5-9-16(10-6-15)25-21-18-11-12-19(24)14(2)20(18)27-23(21)29/h3-12H,1-2H3,(H,26,28)(H,25,27,29). The highest BCUT2D eigenvalue weighted by Gasteiger charge is 2.28. The summed E-state index contributed by atoms with van der Waals surface area (Å²) in [6.07, 6.45) is 0. The lowest BCUT2D eigenvalue weighted by molar-refractivity contribution is -0.110. The molecule has 3 aromatic rings. The Morgan fingerprint density at radius 2 is 1.66 bits per heavy atom. The monoisotopic (exact) mass is 403 g/mol. The Morgan fingerprint density at radius 1 is 0.966 bits per heavy atom. The molecular weight excluding hydrogens is 386 g/mol. The van der Waals surface area contributed by atoms with Gasteiger partial charge in [-0.3, -0.25) is 9.59 Å². The Bertz CT molecular complexity index is 1150. The van der Waals surface area contributed by atoms with Crippen LogP contribution in [0.5, 0.6) is 0 Å². The summed E-state index contributed by atoms with van der Waals surface area (Å²) in [7, 11) is 0. The molecule has 2 amide bonds. The zero-order valence-corrected chi connectivity index (χ0v) is 16.7. The molecule has 1 heterocycles. The van der Waals surface area contributed by atoms with Crippen LogP contribution in [-0.2, 0) is 4.79 Å². The number of hydrogen-bond acceptors (Lipinski definition) is 3. The second-order valence-electron chi connectivity index (χ2n) is 6.88. The fourth-order valence-electron chi connectivity index (χ4n) is 3.11. The Hall–Kier alpha value is -3.44. The maximum Gasteiger partial charge on any atom is 0.275 e. The first-order valence-electron chi connectivity index (χ1n) is 9.10. The quantitative estimate of drug-likeness (QED) is 0.624. The van der Waals surface area contributed by atoms with Crippen LogP contribution in [0, 0.1) is 13.8 Å². The van der Waals surface area contributed by atoms with Gasteiger partial charge >= 0.3 is 0 Å². The van der Waals surface area contributed by atoms with Crippen molar-refractivity contribution in [1.82, 2.24) is 0 Å². The second kappa shape index (κ2) is 7.53. The number of nitrogens with zero attached hydrogens (tertiary/aromatic N) is 1. The smallest absolute Gasteiger partial charge is 0.275 e. The number of benzene rings is 3. The van der Waals surface area contributed by atoms with Crippen molar-refractivity contribution in [2.45, 2.75) is 13.8 Å². The summed E-state index contributed by atoms with van der Waals surface area (Å²) in [5.41, 5.74) is 5.51. The number of rotatable bonds is 3. The van der Waals surface area contributed by atoms with Gasteiger partial charge in [-0.15, -0.1) is 0 Å². The SMILES string of the molecule is Cc1ccc(NC(=O)c2ccc(N=C3C(=O)Nc4c3ccc(Cl)c4C)cc2)cc1. The molecule has 144 valence electrons. The van der Waals surface area contributed by atoms with Crippen molar-refractivity contribution in [2.24, 2.45) is 4.99 Å². The van der Waals surface area contributed by atoms with E-state index in [1.54, 1.807) is 36.4 Å². The lowest BCUT2D eigenvalue weighted by atomic mass is 10.1. The van der Waals surface area contributed by atoms with Crippen LogP contribution in [-0.4, -0.2) is 17.5 Å². The van der Waals surface area contributed by atoms with Gasteiger partial charge < -0.3 is 10.6 Å². The molecule has 0 saturated heterocycles. The minimum absolute atomic E-state index is 0.206. The Kier molecular flexibility index (Phi) is 4.91. The van der Waals surface area contributed by atoms with Crippen LogP contribution in [0.3, 0.4) is 0 Å². The zero-order valence-electron chi connectivity index (χ0n) is 15.9. The summed E-state index contributed by atoms with van der Waals surface area (Å²) in [6, 6.07) is 17.9. The third kappa shape index (κ3) is 3.77. The number of aliphatic imine (C=N–C) groups is 1. The normalized spacial score (nSPS) is 13.9. The number of carbonyl (C=O) groups excluding carboxylic acids is 2. The Labute approximate surface area is 173 Å². The second-order valence-corrected chi connectivity index (χ2v) is 7.28. The summed E-state index contributed by atoms with van der Waals surface area (Å²) in [5.74, 6) is -0.478. The van der Waals surface area contributed by atoms with Crippen molar-refractivity contribution in [3.63, 3.8) is 0 Å². The van der Waals surface area contributed by atoms with E-state index in [1.807, 2.05) is 38.1 Å². The van der Waals surface area contributed by atoms with Crippen LogP contribution in [0.2, 0.25) is 5.02 Å². The molecule has 1 aliphatic heterocycles. The largest absolute Gasteiger partial charge is 0.322 e. The molecule has 29 heavy (non-hydrogen) atoms. The fourth-order valence-corrected chi connectivity index (χ4v) is 3.26. The highest BCUT2D eigenvalue weighted by Crippen LogP contribution is 2.33. The first-order chi connectivity index (χ1) is 13.9. The minimum atomic E-state index is -0.272. The van der Waals surface area contributed by atoms with E-state index in [0.29, 0.717) is 27.7 Å². The van der Waals surface area contributed by atoms with Gasteiger partial charge in [0.1, 0.15) is 5.71 Å². The molecular formula is C23H18ClN3O2. The van der Waals surface area contributed by atoms with Gasteiger partial charge in [0.25, 0.3) is 11.8 Å². The summed E-state index contributed by atoms with van der Waals surface area (Å²) < 4.78 is 0. The number of amides is 2. The van der Waals surface area contributed by atoms with Crippen molar-refractivity contribution >= 4 is 46.2 Å². The lowest BCUT2D eigenvalue weighted by Crippen LogP contribution is -2.14. The van der Waals surface area contributed by atoms with Gasteiger partial charge in [0.05, 0.1) is 11.4 Å². The molecule has 0 unspecified atom stereocenters. The van der Waals surface area contributed by atoms with Gasteiger partial charge in [0.2, 0.25) is 0 Å². The van der Waals surface area contributed by atoms with E-state index in [4.69, 9.17) is 11.6 Å². The summed E-state index contributed by atoms with van der Waals surface area (Å²) in [5, 5.41) is 6.27. The van der Waals surface area contributed by atoms with E-state index in [2.05, 4.69) is 15.6 Å². The van der Waals surface area contributed by atoms with Crippen molar-refractivity contribution < 1.29 is 9.59 Å². The third-order valence-electron chi connectivity index (χ3n) is 4.79. The van der Waals surface area contributed by atoms with E-state index in [-0.39, 0.29) is 11.8 Å². The molecule has 1 aliphatic rings. The van der Waals surface area contributed by atoms with E-state index < -0.39 is 0 Å². The predicted octanol–water partition coefficient (Wildman–Crippen LogP) is 5.28. The summed E-state index contributed by atoms with van der Waals surface area (Å²) in [4.78, 5) is 29.2.